The Labute approximate surface area is 180 Å². The Morgan fingerprint density at radius 2 is 1.87 bits per heavy atom. The Balaban J connectivity index is 2.00. The minimum atomic E-state index is -1.17. The van der Waals surface area contributed by atoms with Crippen LogP contribution in [0.3, 0.4) is 0 Å². The van der Waals surface area contributed by atoms with E-state index in [1.54, 1.807) is 52.9 Å². The van der Waals surface area contributed by atoms with E-state index in [4.69, 9.17) is 4.84 Å². The minimum absolute atomic E-state index is 0.00718. The summed E-state index contributed by atoms with van der Waals surface area (Å²) < 4.78 is 31.3. The third kappa shape index (κ3) is 3.57. The molecular formula is C24H27F2N3O2. The van der Waals surface area contributed by atoms with Gasteiger partial charge in [0.15, 0.2) is 0 Å². The van der Waals surface area contributed by atoms with Gasteiger partial charge in [-0.1, -0.05) is 23.4 Å². The van der Waals surface area contributed by atoms with Crippen molar-refractivity contribution in [2.45, 2.75) is 58.8 Å². The lowest BCUT2D eigenvalue weighted by Crippen LogP contribution is -2.52. The highest BCUT2D eigenvalue weighted by Gasteiger charge is 2.42. The van der Waals surface area contributed by atoms with Gasteiger partial charge in [0.2, 0.25) is 0 Å². The Morgan fingerprint density at radius 3 is 2.55 bits per heavy atom. The number of fused-ring (bicyclic) bond motifs is 2. The maximum absolute atomic E-state index is 16.0. The van der Waals surface area contributed by atoms with Crippen LogP contribution >= 0.6 is 0 Å². The number of benzene rings is 2. The third-order valence-electron chi connectivity index (χ3n) is 5.48. The van der Waals surface area contributed by atoms with Crippen LogP contribution in [-0.4, -0.2) is 33.0 Å². The molecule has 31 heavy (non-hydrogen) atoms. The molecule has 1 atom stereocenters. The van der Waals surface area contributed by atoms with E-state index in [0.29, 0.717) is 11.1 Å². The van der Waals surface area contributed by atoms with Gasteiger partial charge in [-0.05, 0) is 53.2 Å². The van der Waals surface area contributed by atoms with Crippen LogP contribution in [0.25, 0.3) is 22.0 Å². The number of nitrogens with zero attached hydrogens (tertiary/aromatic N) is 1. The highest BCUT2D eigenvalue weighted by molar-refractivity contribution is 6.12. The maximum atomic E-state index is 16.0. The molecule has 1 aromatic heterocycles. The molecule has 0 amide bonds. The van der Waals surface area contributed by atoms with Crippen molar-refractivity contribution in [1.82, 2.24) is 4.98 Å². The molecule has 4 rings (SSSR count). The quantitative estimate of drug-likeness (QED) is 0.473. The minimum Gasteiger partial charge on any atom is -0.390 e. The molecule has 3 aromatic rings. The van der Waals surface area contributed by atoms with Crippen molar-refractivity contribution in [3.05, 3.63) is 53.2 Å². The molecule has 0 aliphatic carbocycles. The average molecular weight is 427 g/mol. The number of aryl methyl sites for hydroxylation is 1. The van der Waals surface area contributed by atoms with E-state index >= 15 is 8.78 Å². The predicted molar refractivity (Wildman–Crippen MR) is 119 cm³/mol. The SMILES string of the molecule is Cc1c[nH]c2c(-c3c(F)cc4c(c3F)/C(=N/OC(C)(C)C)C(O)C(C)(C)N4)cccc12. The molecule has 0 saturated carbocycles. The number of para-hydroxylation sites is 1. The molecule has 7 heteroatoms. The summed E-state index contributed by atoms with van der Waals surface area (Å²) in [5, 5.41) is 19.0. The van der Waals surface area contributed by atoms with Gasteiger partial charge in [0.05, 0.1) is 22.2 Å². The van der Waals surface area contributed by atoms with E-state index in [9.17, 15) is 5.11 Å². The topological polar surface area (TPSA) is 69.6 Å². The molecule has 0 fully saturated rings. The van der Waals surface area contributed by atoms with Crippen molar-refractivity contribution in [2.24, 2.45) is 5.16 Å². The van der Waals surface area contributed by atoms with Gasteiger partial charge in [-0.3, -0.25) is 0 Å². The molecule has 2 heterocycles. The lowest BCUT2D eigenvalue weighted by molar-refractivity contribution is -0.00168. The van der Waals surface area contributed by atoms with Gasteiger partial charge in [0, 0.05) is 22.8 Å². The third-order valence-corrected chi connectivity index (χ3v) is 5.48. The fraction of sp³-hybridized carbons (Fsp3) is 0.375. The van der Waals surface area contributed by atoms with E-state index in [2.05, 4.69) is 15.5 Å². The van der Waals surface area contributed by atoms with Crippen LogP contribution in [0.1, 0.15) is 45.7 Å². The highest BCUT2D eigenvalue weighted by Crippen LogP contribution is 2.41. The second-order valence-corrected chi connectivity index (χ2v) is 9.60. The second kappa shape index (κ2) is 7.05. The molecule has 0 saturated heterocycles. The van der Waals surface area contributed by atoms with Crippen molar-refractivity contribution in [3.63, 3.8) is 0 Å². The van der Waals surface area contributed by atoms with Crippen LogP contribution < -0.4 is 5.32 Å². The van der Waals surface area contributed by atoms with E-state index in [1.807, 2.05) is 13.0 Å². The monoisotopic (exact) mass is 427 g/mol. The van der Waals surface area contributed by atoms with Crippen molar-refractivity contribution >= 4 is 22.3 Å². The number of halogens is 2. The number of anilines is 1. The first-order valence-electron chi connectivity index (χ1n) is 10.2. The molecule has 3 N–H and O–H groups in total. The number of aliphatic hydroxyl groups is 1. The maximum Gasteiger partial charge on any atom is 0.145 e. The summed E-state index contributed by atoms with van der Waals surface area (Å²) >= 11 is 0. The first-order valence-corrected chi connectivity index (χ1v) is 10.2. The van der Waals surface area contributed by atoms with E-state index in [-0.39, 0.29) is 22.5 Å². The lowest BCUT2D eigenvalue weighted by atomic mass is 9.83. The smallest absolute Gasteiger partial charge is 0.145 e. The van der Waals surface area contributed by atoms with E-state index in [0.717, 1.165) is 10.9 Å². The number of oxime groups is 1. The standard InChI is InChI=1S/C24H27F2N3O2/c1-12-11-27-20-13(12)8-7-9-14(20)17-15(25)10-16-18(19(17)26)21(29-31-23(2,3)4)22(30)24(5,6)28-16/h7-11,22,27-28,30H,1-6H3/b29-21-. The molecule has 0 bridgehead atoms. The van der Waals surface area contributed by atoms with Crippen molar-refractivity contribution in [3.8, 4) is 11.1 Å². The molecule has 1 unspecified atom stereocenters. The summed E-state index contributed by atoms with van der Waals surface area (Å²) in [7, 11) is 0. The first-order chi connectivity index (χ1) is 14.4. The zero-order valence-corrected chi connectivity index (χ0v) is 18.5. The molecule has 0 radical (unpaired) electrons. The summed E-state index contributed by atoms with van der Waals surface area (Å²) in [5.74, 6) is -1.50. The van der Waals surface area contributed by atoms with Gasteiger partial charge in [0.1, 0.15) is 29.1 Å². The number of aromatic nitrogens is 1. The first kappa shape index (κ1) is 21.3. The number of aromatic amines is 1. The van der Waals surface area contributed by atoms with Crippen LogP contribution in [0.2, 0.25) is 0 Å². The molecule has 5 nitrogen and oxygen atoms in total. The Hall–Kier alpha value is -2.93. The Morgan fingerprint density at radius 1 is 1.16 bits per heavy atom. The van der Waals surface area contributed by atoms with Crippen molar-refractivity contribution < 1.29 is 18.7 Å². The number of aliphatic hydroxyl groups excluding tert-OH is 1. The van der Waals surface area contributed by atoms with E-state index in [1.165, 1.54) is 6.07 Å². The second-order valence-electron chi connectivity index (χ2n) is 9.60. The van der Waals surface area contributed by atoms with Crippen LogP contribution in [0, 0.1) is 18.6 Å². The molecule has 164 valence electrons. The highest BCUT2D eigenvalue weighted by atomic mass is 19.1. The average Bonchev–Trinajstić information content (AvgIpc) is 3.03. The summed E-state index contributed by atoms with van der Waals surface area (Å²) in [6.45, 7) is 10.8. The zero-order valence-electron chi connectivity index (χ0n) is 18.5. The molecule has 2 aromatic carbocycles. The molecular weight excluding hydrogens is 400 g/mol. The lowest BCUT2D eigenvalue weighted by Gasteiger charge is -2.39. The largest absolute Gasteiger partial charge is 0.390 e. The normalized spacial score (nSPS) is 19.4. The van der Waals surface area contributed by atoms with Gasteiger partial charge in [-0.2, -0.15) is 0 Å². The zero-order chi connectivity index (χ0) is 22.7. The predicted octanol–water partition coefficient (Wildman–Crippen LogP) is 5.51. The molecule has 0 spiro atoms. The van der Waals surface area contributed by atoms with Crippen LogP contribution in [0.4, 0.5) is 14.5 Å². The summed E-state index contributed by atoms with van der Waals surface area (Å²) in [6, 6.07) is 6.59. The number of hydrogen-bond acceptors (Lipinski definition) is 4. The van der Waals surface area contributed by atoms with Crippen molar-refractivity contribution in [2.75, 3.05) is 5.32 Å². The summed E-state index contributed by atoms with van der Waals surface area (Å²) in [6.07, 6.45) is 0.638. The Bertz CT molecular complexity index is 1210. The summed E-state index contributed by atoms with van der Waals surface area (Å²) in [4.78, 5) is 8.64. The van der Waals surface area contributed by atoms with Crippen LogP contribution in [0.5, 0.6) is 0 Å². The van der Waals surface area contributed by atoms with E-state index < -0.39 is 28.9 Å². The van der Waals surface area contributed by atoms with Gasteiger partial charge in [-0.15, -0.1) is 0 Å². The van der Waals surface area contributed by atoms with Gasteiger partial charge < -0.3 is 20.2 Å². The molecule has 1 aliphatic rings. The number of H-pyrrole nitrogens is 1. The fourth-order valence-electron chi connectivity index (χ4n) is 3.89. The summed E-state index contributed by atoms with van der Waals surface area (Å²) in [5.41, 5.74) is 0.568. The van der Waals surface area contributed by atoms with Crippen LogP contribution in [0.15, 0.2) is 35.6 Å². The van der Waals surface area contributed by atoms with Crippen LogP contribution in [-0.2, 0) is 4.84 Å². The van der Waals surface area contributed by atoms with Gasteiger partial charge >= 0.3 is 0 Å². The van der Waals surface area contributed by atoms with Gasteiger partial charge in [0.25, 0.3) is 0 Å². The Kier molecular flexibility index (Phi) is 4.85. The number of rotatable bonds is 2. The molecule has 1 aliphatic heterocycles. The van der Waals surface area contributed by atoms with Crippen molar-refractivity contribution in [1.29, 1.82) is 0 Å². The van der Waals surface area contributed by atoms with Gasteiger partial charge in [-0.25, -0.2) is 8.78 Å². The number of nitrogens with one attached hydrogen (secondary N) is 2. The fourth-order valence-corrected chi connectivity index (χ4v) is 3.89. The number of hydrogen-bond donors (Lipinski definition) is 3.